The second-order valence-electron chi connectivity index (χ2n) is 7.87. The van der Waals surface area contributed by atoms with E-state index in [-0.39, 0.29) is 19.1 Å². The number of carbonyl (C=O) groups is 3. The van der Waals surface area contributed by atoms with Crippen molar-refractivity contribution in [3.63, 3.8) is 0 Å². The van der Waals surface area contributed by atoms with Crippen LogP contribution in [-0.2, 0) is 20.9 Å². The quantitative estimate of drug-likeness (QED) is 0.243. The highest BCUT2D eigenvalue weighted by molar-refractivity contribution is 6.35. The first-order valence-electron chi connectivity index (χ1n) is 11.2. The molecule has 3 N–H and O–H groups in total. The van der Waals surface area contributed by atoms with Gasteiger partial charge in [-0.2, -0.15) is 5.10 Å². The maximum Gasteiger partial charge on any atom is 0.329 e. The van der Waals surface area contributed by atoms with Crippen molar-refractivity contribution >= 4 is 29.6 Å². The number of para-hydroxylation sites is 2. The van der Waals surface area contributed by atoms with Crippen molar-refractivity contribution in [1.82, 2.24) is 10.7 Å². The van der Waals surface area contributed by atoms with E-state index in [1.165, 1.54) is 6.21 Å². The molecule has 0 radical (unpaired) electrons. The Morgan fingerprint density at radius 2 is 1.58 bits per heavy atom. The summed E-state index contributed by atoms with van der Waals surface area (Å²) < 4.78 is 10.7. The minimum atomic E-state index is -0.911. The Morgan fingerprint density at radius 1 is 0.889 bits per heavy atom. The van der Waals surface area contributed by atoms with Crippen LogP contribution in [-0.4, -0.2) is 37.7 Å². The molecule has 0 fully saturated rings. The van der Waals surface area contributed by atoms with E-state index in [2.05, 4.69) is 21.2 Å². The summed E-state index contributed by atoms with van der Waals surface area (Å²) in [6, 6.07) is 19.8. The average Bonchev–Trinajstić information content (AvgIpc) is 2.89. The Hall–Kier alpha value is -4.66. The van der Waals surface area contributed by atoms with Crippen molar-refractivity contribution in [1.29, 1.82) is 0 Å². The molecule has 3 rings (SSSR count). The van der Waals surface area contributed by atoms with Crippen LogP contribution in [0.3, 0.4) is 0 Å². The molecule has 9 heteroatoms. The van der Waals surface area contributed by atoms with E-state index >= 15 is 0 Å². The molecule has 0 aliphatic carbocycles. The van der Waals surface area contributed by atoms with Crippen LogP contribution in [0.2, 0.25) is 0 Å². The maximum atomic E-state index is 12.4. The molecule has 0 aliphatic heterocycles. The molecule has 0 unspecified atom stereocenters. The van der Waals surface area contributed by atoms with Gasteiger partial charge in [0.05, 0.1) is 13.3 Å². The number of carbonyl (C=O) groups excluding carboxylic acids is 3. The smallest absolute Gasteiger partial charge is 0.329 e. The van der Waals surface area contributed by atoms with Crippen LogP contribution in [0, 0.1) is 13.8 Å². The van der Waals surface area contributed by atoms with Crippen molar-refractivity contribution < 1.29 is 23.9 Å². The molecule has 186 valence electrons. The Kier molecular flexibility index (Phi) is 9.16. The fourth-order valence-corrected chi connectivity index (χ4v) is 3.27. The van der Waals surface area contributed by atoms with Gasteiger partial charge in [-0.25, -0.2) is 5.43 Å². The highest BCUT2D eigenvalue weighted by Crippen LogP contribution is 2.20. The number of rotatable bonds is 9. The fourth-order valence-electron chi connectivity index (χ4n) is 3.27. The first-order valence-corrected chi connectivity index (χ1v) is 11.2. The van der Waals surface area contributed by atoms with Gasteiger partial charge < -0.3 is 20.1 Å². The first kappa shape index (κ1) is 26.0. The van der Waals surface area contributed by atoms with Crippen LogP contribution in [0.25, 0.3) is 0 Å². The molecule has 0 saturated heterocycles. The number of hydrogen-bond acceptors (Lipinski definition) is 6. The van der Waals surface area contributed by atoms with E-state index in [4.69, 9.17) is 9.47 Å². The lowest BCUT2D eigenvalue weighted by molar-refractivity contribution is -0.139. The van der Waals surface area contributed by atoms with E-state index in [1.807, 2.05) is 32.0 Å². The topological polar surface area (TPSA) is 118 Å². The van der Waals surface area contributed by atoms with E-state index in [9.17, 15) is 14.4 Å². The van der Waals surface area contributed by atoms with Crippen molar-refractivity contribution in [2.24, 2.45) is 5.10 Å². The van der Waals surface area contributed by atoms with Gasteiger partial charge >= 0.3 is 11.8 Å². The lowest BCUT2D eigenvalue weighted by Gasteiger charge is -2.13. The summed E-state index contributed by atoms with van der Waals surface area (Å²) in [6.45, 7) is 3.81. The van der Waals surface area contributed by atoms with Crippen molar-refractivity contribution in [3.05, 3.63) is 89.0 Å². The summed E-state index contributed by atoms with van der Waals surface area (Å²) in [5, 5.41) is 9.22. The summed E-state index contributed by atoms with van der Waals surface area (Å²) in [4.78, 5) is 36.5. The minimum absolute atomic E-state index is 0.181. The highest BCUT2D eigenvalue weighted by Gasteiger charge is 2.13. The third-order valence-electron chi connectivity index (χ3n) is 5.21. The van der Waals surface area contributed by atoms with Gasteiger partial charge in [0.2, 0.25) is 0 Å². The minimum Gasteiger partial charge on any atom is -0.497 e. The molecule has 0 bridgehead atoms. The first-order chi connectivity index (χ1) is 17.4. The second-order valence-corrected chi connectivity index (χ2v) is 7.87. The van der Waals surface area contributed by atoms with Crippen LogP contribution in [0.5, 0.6) is 11.5 Å². The SMILES string of the molecule is COc1ccc(CNC(=O)C(=O)N/N=C\c2ccccc2OCC(=O)Nc2c(C)cccc2C)cc1. The number of nitrogens with zero attached hydrogens (tertiary/aromatic N) is 1. The van der Waals surface area contributed by atoms with E-state index < -0.39 is 11.8 Å². The van der Waals surface area contributed by atoms with Gasteiger partial charge in [-0.15, -0.1) is 0 Å². The van der Waals surface area contributed by atoms with Gasteiger partial charge in [0.15, 0.2) is 6.61 Å². The van der Waals surface area contributed by atoms with E-state index in [0.29, 0.717) is 17.1 Å². The molecular weight excluding hydrogens is 460 g/mol. The Balaban J connectivity index is 1.50. The van der Waals surface area contributed by atoms with E-state index in [0.717, 1.165) is 22.4 Å². The monoisotopic (exact) mass is 488 g/mol. The Labute approximate surface area is 209 Å². The number of hydrogen-bond donors (Lipinski definition) is 3. The molecule has 0 aliphatic rings. The average molecular weight is 489 g/mol. The number of benzene rings is 3. The number of amides is 3. The normalized spacial score (nSPS) is 10.5. The maximum absolute atomic E-state index is 12.4. The fraction of sp³-hybridized carbons (Fsp3) is 0.185. The van der Waals surface area contributed by atoms with Crippen molar-refractivity contribution in [3.8, 4) is 11.5 Å². The zero-order valence-electron chi connectivity index (χ0n) is 20.3. The largest absolute Gasteiger partial charge is 0.497 e. The summed E-state index contributed by atoms with van der Waals surface area (Å²) in [6.07, 6.45) is 1.34. The summed E-state index contributed by atoms with van der Waals surface area (Å²) in [5.74, 6) is -0.942. The predicted molar refractivity (Wildman–Crippen MR) is 137 cm³/mol. The molecule has 3 aromatic rings. The van der Waals surface area contributed by atoms with Gasteiger partial charge in [0.1, 0.15) is 11.5 Å². The Morgan fingerprint density at radius 3 is 2.28 bits per heavy atom. The number of aryl methyl sites for hydroxylation is 2. The number of anilines is 1. The highest BCUT2D eigenvalue weighted by atomic mass is 16.5. The van der Waals surface area contributed by atoms with Gasteiger partial charge in [0.25, 0.3) is 5.91 Å². The Bertz CT molecular complexity index is 1240. The van der Waals surface area contributed by atoms with Gasteiger partial charge in [-0.05, 0) is 54.8 Å². The van der Waals surface area contributed by atoms with Crippen LogP contribution < -0.4 is 25.5 Å². The second kappa shape index (κ2) is 12.7. The van der Waals surface area contributed by atoms with Crippen LogP contribution in [0.15, 0.2) is 71.8 Å². The zero-order valence-corrected chi connectivity index (χ0v) is 20.3. The molecule has 0 atom stereocenters. The number of ether oxygens (including phenoxy) is 2. The summed E-state index contributed by atoms with van der Waals surface area (Å²) in [5.41, 5.74) is 6.20. The molecule has 36 heavy (non-hydrogen) atoms. The number of hydrazone groups is 1. The van der Waals surface area contributed by atoms with Gasteiger partial charge in [-0.3, -0.25) is 14.4 Å². The molecular formula is C27H28N4O5. The molecule has 0 spiro atoms. The molecule has 9 nitrogen and oxygen atoms in total. The third-order valence-corrected chi connectivity index (χ3v) is 5.21. The van der Waals surface area contributed by atoms with E-state index in [1.54, 1.807) is 55.6 Å². The summed E-state index contributed by atoms with van der Waals surface area (Å²) in [7, 11) is 1.57. The molecule has 0 aromatic heterocycles. The van der Waals surface area contributed by atoms with Gasteiger partial charge in [0, 0.05) is 17.8 Å². The molecule has 0 saturated carbocycles. The third kappa shape index (κ3) is 7.42. The molecule has 3 aromatic carbocycles. The van der Waals surface area contributed by atoms with Gasteiger partial charge in [-0.1, -0.05) is 42.5 Å². The van der Waals surface area contributed by atoms with Crippen molar-refractivity contribution in [2.75, 3.05) is 19.0 Å². The van der Waals surface area contributed by atoms with Crippen molar-refractivity contribution in [2.45, 2.75) is 20.4 Å². The van der Waals surface area contributed by atoms with Crippen LogP contribution in [0.4, 0.5) is 5.69 Å². The lowest BCUT2D eigenvalue weighted by Crippen LogP contribution is -2.37. The molecule has 0 heterocycles. The number of nitrogens with one attached hydrogen (secondary N) is 3. The summed E-state index contributed by atoms with van der Waals surface area (Å²) >= 11 is 0. The predicted octanol–water partition coefficient (Wildman–Crippen LogP) is 3.10. The van der Waals surface area contributed by atoms with Crippen LogP contribution >= 0.6 is 0 Å². The lowest BCUT2D eigenvalue weighted by atomic mass is 10.1. The van der Waals surface area contributed by atoms with Crippen LogP contribution in [0.1, 0.15) is 22.3 Å². The molecule has 3 amide bonds. The standard InChI is InChI=1S/C27H28N4O5/c1-18-7-6-8-19(2)25(18)30-24(32)17-36-23-10-5-4-9-21(23)16-29-31-27(34)26(33)28-15-20-11-13-22(35-3)14-12-20/h4-14,16H,15,17H2,1-3H3,(H,28,33)(H,30,32)(H,31,34)/b29-16-. The number of methoxy groups -OCH3 is 1. The zero-order chi connectivity index (χ0) is 25.9.